The fourth-order valence-electron chi connectivity index (χ4n) is 1.66. The van der Waals surface area contributed by atoms with Gasteiger partial charge in [-0.1, -0.05) is 19.9 Å². The van der Waals surface area contributed by atoms with Crippen LogP contribution in [0.3, 0.4) is 0 Å². The minimum atomic E-state index is 0.578. The van der Waals surface area contributed by atoms with E-state index < -0.39 is 0 Å². The number of ether oxygens (including phenoxy) is 1. The van der Waals surface area contributed by atoms with Gasteiger partial charge in [0.15, 0.2) is 0 Å². The van der Waals surface area contributed by atoms with Crippen molar-refractivity contribution < 1.29 is 4.74 Å². The molecule has 0 bridgehead atoms. The van der Waals surface area contributed by atoms with Gasteiger partial charge >= 0.3 is 0 Å². The molecule has 0 aromatic carbocycles. The minimum absolute atomic E-state index is 0.578. The lowest BCUT2D eigenvalue weighted by Crippen LogP contribution is -2.27. The fourth-order valence-corrected chi connectivity index (χ4v) is 1.66. The molecule has 90 valence electrons. The van der Waals surface area contributed by atoms with Gasteiger partial charge in [-0.25, -0.2) is 4.98 Å². The van der Waals surface area contributed by atoms with Gasteiger partial charge < -0.3 is 10.1 Å². The molecule has 0 saturated heterocycles. The van der Waals surface area contributed by atoms with Crippen LogP contribution in [-0.2, 0) is 6.54 Å². The van der Waals surface area contributed by atoms with Crippen molar-refractivity contribution in [3.05, 3.63) is 23.9 Å². The van der Waals surface area contributed by atoms with Crippen molar-refractivity contribution in [1.29, 1.82) is 0 Å². The zero-order chi connectivity index (χ0) is 11.8. The Kier molecular flexibility index (Phi) is 5.86. The molecular formula is C13H22N2O. The first-order valence-electron chi connectivity index (χ1n) is 6.11. The third-order valence-electron chi connectivity index (χ3n) is 2.70. The highest BCUT2D eigenvalue weighted by Crippen LogP contribution is 2.14. The molecule has 0 unspecified atom stereocenters. The van der Waals surface area contributed by atoms with E-state index in [-0.39, 0.29) is 0 Å². The zero-order valence-electron chi connectivity index (χ0n) is 10.5. The molecule has 0 fully saturated rings. The molecule has 3 heteroatoms. The fraction of sp³-hybridized carbons (Fsp3) is 0.615. The first-order valence-corrected chi connectivity index (χ1v) is 6.11. The lowest BCUT2D eigenvalue weighted by atomic mass is 10.1. The second-order valence-electron chi connectivity index (χ2n) is 3.80. The number of aromatic nitrogens is 1. The Morgan fingerprint density at radius 3 is 2.69 bits per heavy atom. The molecule has 0 atom stereocenters. The summed E-state index contributed by atoms with van der Waals surface area (Å²) in [4.78, 5) is 4.24. The molecule has 16 heavy (non-hydrogen) atoms. The molecule has 1 heterocycles. The summed E-state index contributed by atoms with van der Waals surface area (Å²) in [6, 6.07) is 4.59. The van der Waals surface area contributed by atoms with Crippen LogP contribution < -0.4 is 10.1 Å². The molecule has 0 spiro atoms. The molecular weight excluding hydrogens is 200 g/mol. The molecule has 1 N–H and O–H groups in total. The van der Waals surface area contributed by atoms with Crippen molar-refractivity contribution in [2.24, 2.45) is 0 Å². The summed E-state index contributed by atoms with van der Waals surface area (Å²) in [6.45, 7) is 7.87. The summed E-state index contributed by atoms with van der Waals surface area (Å²) in [5.74, 6) is 0.753. The highest BCUT2D eigenvalue weighted by molar-refractivity contribution is 5.25. The third kappa shape index (κ3) is 3.81. The predicted octanol–water partition coefficient (Wildman–Crippen LogP) is 2.76. The number of hydrogen-bond donors (Lipinski definition) is 1. The Hall–Kier alpha value is -1.09. The van der Waals surface area contributed by atoms with E-state index in [9.17, 15) is 0 Å². The van der Waals surface area contributed by atoms with Crippen molar-refractivity contribution in [3.63, 3.8) is 0 Å². The summed E-state index contributed by atoms with van der Waals surface area (Å²) in [5.41, 5.74) is 1.14. The molecule has 0 aliphatic rings. The molecule has 1 aromatic heterocycles. The van der Waals surface area contributed by atoms with Crippen molar-refractivity contribution >= 4 is 0 Å². The van der Waals surface area contributed by atoms with Gasteiger partial charge in [-0.05, 0) is 25.8 Å². The third-order valence-corrected chi connectivity index (χ3v) is 2.70. The minimum Gasteiger partial charge on any atom is -0.478 e. The Labute approximate surface area is 98.2 Å². The van der Waals surface area contributed by atoms with E-state index in [0.29, 0.717) is 12.6 Å². The van der Waals surface area contributed by atoms with Gasteiger partial charge in [-0.15, -0.1) is 0 Å². The smallest absolute Gasteiger partial charge is 0.217 e. The Morgan fingerprint density at radius 1 is 1.31 bits per heavy atom. The van der Waals surface area contributed by atoms with Gasteiger partial charge in [-0.3, -0.25) is 0 Å². The van der Waals surface area contributed by atoms with Gasteiger partial charge in [0.2, 0.25) is 5.88 Å². The van der Waals surface area contributed by atoms with Crippen LogP contribution >= 0.6 is 0 Å². The first kappa shape index (κ1) is 13.0. The van der Waals surface area contributed by atoms with Gasteiger partial charge in [-0.2, -0.15) is 0 Å². The number of pyridine rings is 1. The van der Waals surface area contributed by atoms with E-state index in [0.717, 1.165) is 30.8 Å². The molecule has 0 aliphatic carbocycles. The first-order chi connectivity index (χ1) is 7.81. The van der Waals surface area contributed by atoms with E-state index in [1.54, 1.807) is 6.20 Å². The molecule has 1 rings (SSSR count). The normalized spacial score (nSPS) is 10.8. The summed E-state index contributed by atoms with van der Waals surface area (Å²) >= 11 is 0. The maximum Gasteiger partial charge on any atom is 0.217 e. The standard InChI is InChI=1S/C13H22N2O/c1-4-12(5-2)15-10-11-8-7-9-14-13(11)16-6-3/h7-9,12,15H,4-6,10H2,1-3H3. The van der Waals surface area contributed by atoms with Crippen molar-refractivity contribution in [3.8, 4) is 5.88 Å². The maximum atomic E-state index is 5.49. The number of nitrogens with one attached hydrogen (secondary N) is 1. The van der Waals surface area contributed by atoms with Crippen LogP contribution in [0, 0.1) is 0 Å². The second kappa shape index (κ2) is 7.23. The van der Waals surface area contributed by atoms with Crippen molar-refractivity contribution in [2.75, 3.05) is 6.61 Å². The van der Waals surface area contributed by atoms with E-state index >= 15 is 0 Å². The monoisotopic (exact) mass is 222 g/mol. The number of hydrogen-bond acceptors (Lipinski definition) is 3. The quantitative estimate of drug-likeness (QED) is 0.770. The van der Waals surface area contributed by atoms with Crippen LogP contribution in [0.25, 0.3) is 0 Å². The highest BCUT2D eigenvalue weighted by atomic mass is 16.5. The second-order valence-corrected chi connectivity index (χ2v) is 3.80. The van der Waals surface area contributed by atoms with Crippen LogP contribution in [-0.4, -0.2) is 17.6 Å². The topological polar surface area (TPSA) is 34.1 Å². The van der Waals surface area contributed by atoms with E-state index in [2.05, 4.69) is 30.2 Å². The SMILES string of the molecule is CCOc1ncccc1CNC(CC)CC. The average molecular weight is 222 g/mol. The molecule has 3 nitrogen and oxygen atoms in total. The summed E-state index contributed by atoms with van der Waals surface area (Å²) in [6.07, 6.45) is 4.08. The van der Waals surface area contributed by atoms with Gasteiger partial charge in [0.05, 0.1) is 6.61 Å². The van der Waals surface area contributed by atoms with Crippen molar-refractivity contribution in [2.45, 2.75) is 46.2 Å². The Morgan fingerprint density at radius 2 is 2.06 bits per heavy atom. The highest BCUT2D eigenvalue weighted by Gasteiger charge is 2.06. The Balaban J connectivity index is 2.58. The van der Waals surface area contributed by atoms with Crippen LogP contribution in [0.15, 0.2) is 18.3 Å². The van der Waals surface area contributed by atoms with Crippen LogP contribution in [0.1, 0.15) is 39.2 Å². The average Bonchev–Trinajstić information content (AvgIpc) is 2.33. The van der Waals surface area contributed by atoms with Gasteiger partial charge in [0, 0.05) is 24.3 Å². The predicted molar refractivity (Wildman–Crippen MR) is 66.6 cm³/mol. The maximum absolute atomic E-state index is 5.49. The van der Waals surface area contributed by atoms with E-state index in [4.69, 9.17) is 4.74 Å². The number of nitrogens with zero attached hydrogens (tertiary/aromatic N) is 1. The summed E-state index contributed by atoms with van der Waals surface area (Å²) in [5, 5.41) is 3.51. The number of rotatable bonds is 7. The van der Waals surface area contributed by atoms with Crippen molar-refractivity contribution in [1.82, 2.24) is 10.3 Å². The largest absolute Gasteiger partial charge is 0.478 e. The van der Waals surface area contributed by atoms with E-state index in [1.165, 1.54) is 0 Å². The zero-order valence-corrected chi connectivity index (χ0v) is 10.5. The van der Waals surface area contributed by atoms with Crippen LogP contribution in [0.2, 0.25) is 0 Å². The molecule has 1 aromatic rings. The van der Waals surface area contributed by atoms with Gasteiger partial charge in [0.1, 0.15) is 0 Å². The molecule has 0 aliphatic heterocycles. The van der Waals surface area contributed by atoms with Crippen LogP contribution in [0.5, 0.6) is 5.88 Å². The lowest BCUT2D eigenvalue weighted by Gasteiger charge is -2.15. The summed E-state index contributed by atoms with van der Waals surface area (Å²) < 4.78 is 5.49. The lowest BCUT2D eigenvalue weighted by molar-refractivity contribution is 0.320. The van der Waals surface area contributed by atoms with Crippen LogP contribution in [0.4, 0.5) is 0 Å². The molecule has 0 radical (unpaired) electrons. The van der Waals surface area contributed by atoms with E-state index in [1.807, 2.05) is 13.0 Å². The summed E-state index contributed by atoms with van der Waals surface area (Å²) in [7, 11) is 0. The Bertz CT molecular complexity index is 298. The molecule has 0 saturated carbocycles. The van der Waals surface area contributed by atoms with Gasteiger partial charge in [0.25, 0.3) is 0 Å². The molecule has 0 amide bonds.